The molecule has 2 radical (unpaired) electrons. The molecular weight excluding hydrogens is 162 g/mol. The Morgan fingerprint density at radius 3 is 2.42 bits per heavy atom. The van der Waals surface area contributed by atoms with Crippen LogP contribution in [-0.2, 0) is 9.90 Å². The highest BCUT2D eigenvalue weighted by Crippen LogP contribution is 1.97. The predicted octanol–water partition coefficient (Wildman–Crippen LogP) is -1.27. The van der Waals surface area contributed by atoms with Crippen LogP contribution < -0.4 is 5.32 Å². The van der Waals surface area contributed by atoms with Gasteiger partial charge in [-0.15, -0.1) is 0 Å². The molecule has 1 saturated heterocycles. The summed E-state index contributed by atoms with van der Waals surface area (Å²) in [5.74, 6) is 0. The molecule has 0 atom stereocenters. The molecule has 0 bridgehead atoms. The van der Waals surface area contributed by atoms with Gasteiger partial charge in [0.05, 0.1) is 0 Å². The van der Waals surface area contributed by atoms with Crippen molar-refractivity contribution in [2.24, 2.45) is 0 Å². The molecule has 0 spiro atoms. The Labute approximate surface area is 69.7 Å². The summed E-state index contributed by atoms with van der Waals surface area (Å²) in [5.41, 5.74) is 0. The fraction of sp³-hybridized carbons (Fsp3) is 0.667. The summed E-state index contributed by atoms with van der Waals surface area (Å²) in [5, 5.41) is 15.2. The van der Waals surface area contributed by atoms with Crippen LogP contribution in [0.2, 0.25) is 0 Å². The molecule has 1 fully saturated rings. The number of hydrazine groups is 1. The van der Waals surface area contributed by atoms with Crippen LogP contribution in [0.1, 0.15) is 0 Å². The van der Waals surface area contributed by atoms with Crippen molar-refractivity contribution in [3.05, 3.63) is 0 Å². The Hall–Kier alpha value is -1.14. The smallest absolute Gasteiger partial charge is 0.314 e. The van der Waals surface area contributed by atoms with E-state index in [1.165, 1.54) is 11.4 Å². The molecule has 1 rings (SSSR count). The first-order chi connectivity index (χ1) is 5.75. The first-order valence-electron chi connectivity index (χ1n) is 3.60. The molecule has 0 aliphatic carbocycles. The molecule has 2 amide bonds. The second kappa shape index (κ2) is 4.03. The lowest BCUT2D eigenvalue weighted by molar-refractivity contribution is 0.0223. The Kier molecular flexibility index (Phi) is 3.01. The molecule has 66 valence electrons. The quantitative estimate of drug-likeness (QED) is 0.525. The van der Waals surface area contributed by atoms with Gasteiger partial charge in [-0.05, 0) is 0 Å². The largest absolute Gasteiger partial charge is 0.474 e. The molecule has 0 aromatic rings. The van der Waals surface area contributed by atoms with E-state index in [2.05, 4.69) is 5.32 Å². The summed E-state index contributed by atoms with van der Waals surface area (Å²) in [6.45, 7) is 2.27. The number of nitrogens with zero attached hydrogens (tertiary/aromatic N) is 2. The fourth-order valence-corrected chi connectivity index (χ4v) is 1.06. The highest BCUT2D eigenvalue weighted by molar-refractivity contribution is 5.77. The standard InChI is InChI=1S/C6H9N3O3/c10-5-9(6(11)12)8-3-1-7-2-4-8/h7H,1-4H2. The molecule has 0 aromatic carbocycles. The van der Waals surface area contributed by atoms with E-state index in [0.717, 1.165) is 0 Å². The number of piperazine rings is 1. The van der Waals surface area contributed by atoms with E-state index < -0.39 is 6.09 Å². The number of rotatable bonds is 2. The van der Waals surface area contributed by atoms with Crippen molar-refractivity contribution in [3.63, 3.8) is 0 Å². The summed E-state index contributed by atoms with van der Waals surface area (Å²) >= 11 is 0. The van der Waals surface area contributed by atoms with Gasteiger partial charge in [0.25, 0.3) is 0 Å². The topological polar surface area (TPSA) is 72.5 Å². The van der Waals surface area contributed by atoms with Crippen LogP contribution in [0.15, 0.2) is 0 Å². The third kappa shape index (κ3) is 1.93. The first-order valence-corrected chi connectivity index (χ1v) is 3.60. The van der Waals surface area contributed by atoms with Crippen molar-refractivity contribution < 1.29 is 14.7 Å². The van der Waals surface area contributed by atoms with Crippen LogP contribution in [0.3, 0.4) is 0 Å². The zero-order chi connectivity index (χ0) is 8.97. The number of amides is 2. The van der Waals surface area contributed by atoms with Crippen LogP contribution in [0.5, 0.6) is 0 Å². The molecule has 6 nitrogen and oxygen atoms in total. The minimum Gasteiger partial charge on any atom is -0.314 e. The maximum Gasteiger partial charge on any atom is 0.474 e. The minimum atomic E-state index is -1.54. The normalized spacial score (nSPS) is 18.7. The maximum atomic E-state index is 10.3. The van der Waals surface area contributed by atoms with Crippen molar-refractivity contribution in [1.82, 2.24) is 15.3 Å². The predicted molar refractivity (Wildman–Crippen MR) is 38.1 cm³/mol. The van der Waals surface area contributed by atoms with Crippen LogP contribution >= 0.6 is 0 Å². The number of hydrogen-bond donors (Lipinski definition) is 1. The Bertz CT molecular complexity index is 179. The summed E-state index contributed by atoms with van der Waals surface area (Å²) in [6.07, 6.45) is -0.245. The van der Waals surface area contributed by atoms with Gasteiger partial charge < -0.3 is 5.32 Å². The fourth-order valence-electron chi connectivity index (χ4n) is 1.06. The van der Waals surface area contributed by atoms with Crippen molar-refractivity contribution in [2.75, 3.05) is 26.2 Å². The number of nitrogens with one attached hydrogen (secondary N) is 1. The SMILES string of the molecule is [O]C(=O)N([C]=O)N1CCNCC1. The highest BCUT2D eigenvalue weighted by Gasteiger charge is 2.23. The van der Waals surface area contributed by atoms with E-state index in [9.17, 15) is 14.7 Å². The summed E-state index contributed by atoms with van der Waals surface area (Å²) in [7, 11) is 0. The second-order valence-corrected chi connectivity index (χ2v) is 2.37. The highest BCUT2D eigenvalue weighted by atomic mass is 16.4. The molecule has 0 saturated carbocycles. The third-order valence-electron chi connectivity index (χ3n) is 1.64. The van der Waals surface area contributed by atoms with Gasteiger partial charge in [-0.1, -0.05) is 0 Å². The number of carbonyl (C=O) groups excluding carboxylic acids is 2. The van der Waals surface area contributed by atoms with E-state index >= 15 is 0 Å². The zero-order valence-corrected chi connectivity index (χ0v) is 6.45. The first kappa shape index (κ1) is 8.95. The van der Waals surface area contributed by atoms with Gasteiger partial charge in [-0.25, -0.2) is 14.9 Å². The number of carbonyl (C=O) groups is 1. The van der Waals surface area contributed by atoms with Crippen LogP contribution in [-0.4, -0.2) is 48.7 Å². The molecule has 1 heterocycles. The number of hydrogen-bond acceptors (Lipinski definition) is 4. The Balaban J connectivity index is 2.51. The van der Waals surface area contributed by atoms with E-state index in [1.807, 2.05) is 0 Å². The lowest BCUT2D eigenvalue weighted by Crippen LogP contribution is -2.53. The Morgan fingerprint density at radius 1 is 1.42 bits per heavy atom. The summed E-state index contributed by atoms with van der Waals surface area (Å²) < 4.78 is 0. The molecular formula is C6H9N3O3. The van der Waals surface area contributed by atoms with Gasteiger partial charge in [0.1, 0.15) is 0 Å². The van der Waals surface area contributed by atoms with E-state index in [-0.39, 0.29) is 0 Å². The van der Waals surface area contributed by atoms with Gasteiger partial charge in [0, 0.05) is 26.2 Å². The third-order valence-corrected chi connectivity index (χ3v) is 1.64. The van der Waals surface area contributed by atoms with Gasteiger partial charge in [0.2, 0.25) is 0 Å². The molecule has 1 aliphatic rings. The second-order valence-electron chi connectivity index (χ2n) is 2.37. The number of imide groups is 1. The summed E-state index contributed by atoms with van der Waals surface area (Å²) in [4.78, 5) is 20.5. The average molecular weight is 171 g/mol. The maximum absolute atomic E-state index is 10.3. The molecule has 1 N–H and O–H groups in total. The van der Waals surface area contributed by atoms with Crippen LogP contribution in [0, 0.1) is 0 Å². The summed E-state index contributed by atoms with van der Waals surface area (Å²) in [6, 6.07) is 0. The lowest BCUT2D eigenvalue weighted by Gasteiger charge is -2.30. The zero-order valence-electron chi connectivity index (χ0n) is 6.45. The monoisotopic (exact) mass is 171 g/mol. The van der Waals surface area contributed by atoms with Crippen LogP contribution in [0.4, 0.5) is 4.79 Å². The van der Waals surface area contributed by atoms with Gasteiger partial charge in [-0.2, -0.15) is 5.01 Å². The molecule has 0 aromatic heterocycles. The minimum absolute atomic E-state index is 0.445. The van der Waals surface area contributed by atoms with Gasteiger partial charge in [-0.3, -0.25) is 4.79 Å². The van der Waals surface area contributed by atoms with E-state index in [4.69, 9.17) is 0 Å². The Morgan fingerprint density at radius 2 is 2.00 bits per heavy atom. The molecule has 12 heavy (non-hydrogen) atoms. The van der Waals surface area contributed by atoms with Crippen LogP contribution in [0.25, 0.3) is 0 Å². The van der Waals surface area contributed by atoms with Gasteiger partial charge in [0.15, 0.2) is 0 Å². The molecule has 1 aliphatic heterocycles. The van der Waals surface area contributed by atoms with Crippen molar-refractivity contribution in [1.29, 1.82) is 0 Å². The van der Waals surface area contributed by atoms with Crippen molar-refractivity contribution in [2.45, 2.75) is 0 Å². The van der Waals surface area contributed by atoms with E-state index in [1.54, 1.807) is 0 Å². The molecule has 0 unspecified atom stereocenters. The van der Waals surface area contributed by atoms with Crippen molar-refractivity contribution >= 4 is 12.5 Å². The molecule has 6 heteroatoms. The van der Waals surface area contributed by atoms with E-state index in [0.29, 0.717) is 31.2 Å². The average Bonchev–Trinajstić information content (AvgIpc) is 2.07. The lowest BCUT2D eigenvalue weighted by atomic mass is 10.4. The van der Waals surface area contributed by atoms with Gasteiger partial charge >= 0.3 is 12.5 Å². The van der Waals surface area contributed by atoms with Crippen molar-refractivity contribution in [3.8, 4) is 0 Å².